The molecular weight excluding hydrogens is 340 g/mol. The number of anilines is 1. The number of amides is 1. The largest absolute Gasteiger partial charge is 0.381 e. The summed E-state index contributed by atoms with van der Waals surface area (Å²) in [6, 6.07) is 5.12. The Morgan fingerprint density at radius 2 is 2.12 bits per heavy atom. The fraction of sp³-hybridized carbons (Fsp3) is 0.611. The quantitative estimate of drug-likeness (QED) is 0.800. The van der Waals surface area contributed by atoms with Crippen molar-refractivity contribution in [3.63, 3.8) is 0 Å². The van der Waals surface area contributed by atoms with E-state index in [-0.39, 0.29) is 11.8 Å². The van der Waals surface area contributed by atoms with Crippen molar-refractivity contribution in [1.29, 1.82) is 0 Å². The van der Waals surface area contributed by atoms with Crippen LogP contribution in [0, 0.1) is 5.92 Å². The summed E-state index contributed by atoms with van der Waals surface area (Å²) in [5.74, 6) is 0.246. The van der Waals surface area contributed by atoms with E-state index in [1.54, 1.807) is 27.4 Å². The zero-order valence-electron chi connectivity index (χ0n) is 14.9. The average molecular weight is 366 g/mol. The van der Waals surface area contributed by atoms with Crippen LogP contribution in [0.2, 0.25) is 0 Å². The average Bonchev–Trinajstić information content (AvgIpc) is 3.03. The second-order valence-corrected chi connectivity index (χ2v) is 8.68. The Kier molecular flexibility index (Phi) is 5.46. The highest BCUT2D eigenvalue weighted by atomic mass is 32.2. The van der Waals surface area contributed by atoms with Gasteiger partial charge in [0.1, 0.15) is 0 Å². The number of hydrogen-bond donors (Lipinski definition) is 0. The fourth-order valence-corrected chi connectivity index (χ4v) is 5.29. The molecule has 1 aromatic carbocycles. The maximum atomic E-state index is 13.0. The van der Waals surface area contributed by atoms with Crippen LogP contribution in [-0.2, 0) is 26.0 Å². The van der Waals surface area contributed by atoms with Gasteiger partial charge < -0.3 is 9.64 Å². The molecule has 1 fully saturated rings. The van der Waals surface area contributed by atoms with Crippen molar-refractivity contribution in [2.75, 3.05) is 37.7 Å². The third kappa shape index (κ3) is 3.73. The smallest absolute Gasteiger partial charge is 0.243 e. The molecule has 25 heavy (non-hydrogen) atoms. The van der Waals surface area contributed by atoms with Gasteiger partial charge in [0.15, 0.2) is 0 Å². The number of sulfonamides is 1. The van der Waals surface area contributed by atoms with Gasteiger partial charge >= 0.3 is 0 Å². The molecular formula is C18H26N2O4S. The van der Waals surface area contributed by atoms with E-state index >= 15 is 0 Å². The van der Waals surface area contributed by atoms with E-state index in [2.05, 4.69) is 0 Å². The Labute approximate surface area is 149 Å². The zero-order chi connectivity index (χ0) is 18.0. The lowest BCUT2D eigenvalue weighted by molar-refractivity contribution is -0.116. The van der Waals surface area contributed by atoms with Crippen LogP contribution in [0.5, 0.6) is 0 Å². The van der Waals surface area contributed by atoms with E-state index in [1.165, 1.54) is 6.92 Å². The van der Waals surface area contributed by atoms with E-state index < -0.39 is 10.0 Å². The molecule has 0 bridgehead atoms. The van der Waals surface area contributed by atoms with Crippen molar-refractivity contribution < 1.29 is 17.9 Å². The number of carbonyl (C=O) groups excluding carboxylic acids is 1. The maximum absolute atomic E-state index is 13.0. The highest BCUT2D eigenvalue weighted by molar-refractivity contribution is 7.89. The van der Waals surface area contributed by atoms with Gasteiger partial charge in [-0.2, -0.15) is 4.31 Å². The van der Waals surface area contributed by atoms with Gasteiger partial charge in [0.2, 0.25) is 15.9 Å². The van der Waals surface area contributed by atoms with Crippen LogP contribution in [-0.4, -0.2) is 51.5 Å². The SMILES string of the molecule is CCOCC1CCCN(S(=O)(=O)c2ccc3c(c2)CCN3C(C)=O)C1. The van der Waals surface area contributed by atoms with E-state index in [9.17, 15) is 13.2 Å². The number of benzene rings is 1. The molecule has 1 atom stereocenters. The molecule has 138 valence electrons. The molecule has 1 saturated heterocycles. The molecule has 1 amide bonds. The second kappa shape index (κ2) is 7.43. The summed E-state index contributed by atoms with van der Waals surface area (Å²) >= 11 is 0. The number of hydrogen-bond acceptors (Lipinski definition) is 4. The molecule has 6 nitrogen and oxygen atoms in total. The lowest BCUT2D eigenvalue weighted by Gasteiger charge is -2.31. The number of nitrogens with zero attached hydrogens (tertiary/aromatic N) is 2. The van der Waals surface area contributed by atoms with Crippen molar-refractivity contribution in [2.45, 2.75) is 38.0 Å². The number of fused-ring (bicyclic) bond motifs is 1. The molecule has 0 aliphatic carbocycles. The third-order valence-corrected chi connectivity index (χ3v) is 6.86. The fourth-order valence-electron chi connectivity index (χ4n) is 3.68. The first kappa shape index (κ1) is 18.4. The van der Waals surface area contributed by atoms with Crippen molar-refractivity contribution in [1.82, 2.24) is 4.31 Å². The summed E-state index contributed by atoms with van der Waals surface area (Å²) in [4.78, 5) is 13.7. The molecule has 0 radical (unpaired) electrons. The molecule has 1 aromatic rings. The third-order valence-electron chi connectivity index (χ3n) is 5.00. The van der Waals surface area contributed by atoms with Gasteiger partial charge in [-0.1, -0.05) is 0 Å². The summed E-state index contributed by atoms with van der Waals surface area (Å²) in [6.45, 7) is 6.44. The minimum Gasteiger partial charge on any atom is -0.381 e. The number of carbonyl (C=O) groups is 1. The summed E-state index contributed by atoms with van der Waals surface area (Å²) in [7, 11) is -3.50. The lowest BCUT2D eigenvalue weighted by atomic mass is 10.0. The van der Waals surface area contributed by atoms with Gasteiger partial charge in [0.05, 0.1) is 11.5 Å². The van der Waals surface area contributed by atoms with Gasteiger partial charge in [-0.3, -0.25) is 4.79 Å². The van der Waals surface area contributed by atoms with Crippen LogP contribution < -0.4 is 4.90 Å². The van der Waals surface area contributed by atoms with E-state index in [4.69, 9.17) is 4.74 Å². The van der Waals surface area contributed by atoms with E-state index in [0.717, 1.165) is 24.1 Å². The number of piperidine rings is 1. The van der Waals surface area contributed by atoms with Gasteiger partial charge in [0.25, 0.3) is 0 Å². The molecule has 0 aromatic heterocycles. The van der Waals surface area contributed by atoms with E-state index in [0.29, 0.717) is 44.2 Å². The Morgan fingerprint density at radius 1 is 1.32 bits per heavy atom. The molecule has 0 spiro atoms. The summed E-state index contributed by atoms with van der Waals surface area (Å²) in [5, 5.41) is 0. The topological polar surface area (TPSA) is 66.9 Å². The highest BCUT2D eigenvalue weighted by Gasteiger charge is 2.32. The molecule has 1 unspecified atom stereocenters. The first-order valence-electron chi connectivity index (χ1n) is 8.92. The van der Waals surface area contributed by atoms with Crippen LogP contribution in [0.25, 0.3) is 0 Å². The normalized spacial score (nSPS) is 21.4. The van der Waals surface area contributed by atoms with Crippen molar-refractivity contribution in [3.8, 4) is 0 Å². The monoisotopic (exact) mass is 366 g/mol. The standard InChI is InChI=1S/C18H26N2O4S/c1-3-24-13-15-5-4-9-19(12-15)25(22,23)17-6-7-18-16(11-17)8-10-20(18)14(2)21/h6-7,11,15H,3-5,8-10,12-13H2,1-2H3. The van der Waals surface area contributed by atoms with Crippen molar-refractivity contribution >= 4 is 21.6 Å². The van der Waals surface area contributed by atoms with Crippen LogP contribution >= 0.6 is 0 Å². The lowest BCUT2D eigenvalue weighted by Crippen LogP contribution is -2.41. The van der Waals surface area contributed by atoms with Gasteiger partial charge in [0, 0.05) is 38.9 Å². The molecule has 3 rings (SSSR count). The van der Waals surface area contributed by atoms with Crippen LogP contribution in [0.15, 0.2) is 23.1 Å². The predicted octanol–water partition coefficient (Wildman–Crippen LogP) is 2.03. The summed E-state index contributed by atoms with van der Waals surface area (Å²) in [5.41, 5.74) is 1.76. The summed E-state index contributed by atoms with van der Waals surface area (Å²) in [6.07, 6.45) is 2.56. The summed E-state index contributed by atoms with van der Waals surface area (Å²) < 4.78 is 33.1. The van der Waals surface area contributed by atoms with Crippen LogP contribution in [0.1, 0.15) is 32.3 Å². The predicted molar refractivity (Wildman–Crippen MR) is 96.1 cm³/mol. The molecule has 0 saturated carbocycles. The zero-order valence-corrected chi connectivity index (χ0v) is 15.7. The Bertz CT molecular complexity index is 747. The Hall–Kier alpha value is -1.44. The molecule has 0 N–H and O–H groups in total. The first-order chi connectivity index (χ1) is 11.9. The van der Waals surface area contributed by atoms with Gasteiger partial charge in [-0.05, 0) is 55.9 Å². The first-order valence-corrected chi connectivity index (χ1v) is 10.4. The van der Waals surface area contributed by atoms with Crippen LogP contribution in [0.3, 0.4) is 0 Å². The molecule has 2 heterocycles. The van der Waals surface area contributed by atoms with Crippen LogP contribution in [0.4, 0.5) is 5.69 Å². The molecule has 7 heteroatoms. The molecule has 2 aliphatic rings. The maximum Gasteiger partial charge on any atom is 0.243 e. The van der Waals surface area contributed by atoms with Crippen molar-refractivity contribution in [2.24, 2.45) is 5.92 Å². The number of rotatable bonds is 5. The van der Waals surface area contributed by atoms with Gasteiger partial charge in [-0.25, -0.2) is 8.42 Å². The number of ether oxygens (including phenoxy) is 1. The Balaban J connectivity index is 1.80. The van der Waals surface area contributed by atoms with Crippen molar-refractivity contribution in [3.05, 3.63) is 23.8 Å². The highest BCUT2D eigenvalue weighted by Crippen LogP contribution is 2.32. The minimum atomic E-state index is -3.50. The minimum absolute atomic E-state index is 0.0100. The van der Waals surface area contributed by atoms with E-state index in [1.807, 2.05) is 6.92 Å². The van der Waals surface area contributed by atoms with Gasteiger partial charge in [-0.15, -0.1) is 0 Å². The second-order valence-electron chi connectivity index (χ2n) is 6.74. The molecule has 2 aliphatic heterocycles. The Morgan fingerprint density at radius 3 is 2.84 bits per heavy atom.